The fraction of sp³-hybridized carbons (Fsp3) is 0.250. The quantitative estimate of drug-likeness (QED) is 0.756. The van der Waals surface area contributed by atoms with Crippen LogP contribution in [0.3, 0.4) is 0 Å². The predicted molar refractivity (Wildman–Crippen MR) is 103 cm³/mol. The van der Waals surface area contributed by atoms with Crippen LogP contribution in [0.2, 0.25) is 0 Å². The van der Waals surface area contributed by atoms with Crippen molar-refractivity contribution < 1.29 is 14.3 Å². The lowest BCUT2D eigenvalue weighted by atomic mass is 10.1. The molecule has 0 saturated heterocycles. The molecule has 0 fully saturated rings. The maximum absolute atomic E-state index is 12.0. The number of benzene rings is 2. The van der Waals surface area contributed by atoms with E-state index in [1.807, 2.05) is 38.1 Å². The molecule has 26 heavy (non-hydrogen) atoms. The molecule has 0 aliphatic carbocycles. The number of thioether (sulfide) groups is 1. The number of carbonyl (C=O) groups excluding carboxylic acids is 2. The van der Waals surface area contributed by atoms with Crippen molar-refractivity contribution in [2.24, 2.45) is 0 Å². The first-order valence-corrected chi connectivity index (χ1v) is 9.23. The molecule has 0 spiro atoms. The number of rotatable bonds is 7. The molecule has 0 unspecified atom stereocenters. The molecule has 6 heteroatoms. The summed E-state index contributed by atoms with van der Waals surface area (Å²) in [5.41, 5.74) is 4.20. The van der Waals surface area contributed by atoms with Crippen molar-refractivity contribution in [1.82, 2.24) is 0 Å². The smallest absolute Gasteiger partial charge is 0.316 e. The Bertz CT molecular complexity index is 843. The second-order valence-corrected chi connectivity index (χ2v) is 6.82. The van der Waals surface area contributed by atoms with Crippen molar-refractivity contribution in [1.29, 1.82) is 5.26 Å². The van der Waals surface area contributed by atoms with Crippen LogP contribution in [0.15, 0.2) is 42.5 Å². The summed E-state index contributed by atoms with van der Waals surface area (Å²) < 4.78 is 5.16. The molecule has 0 radical (unpaired) electrons. The number of nitriles is 1. The number of nitrogens with one attached hydrogen (secondary N) is 1. The van der Waals surface area contributed by atoms with Crippen molar-refractivity contribution in [3.8, 4) is 6.07 Å². The van der Waals surface area contributed by atoms with Crippen molar-refractivity contribution in [3.05, 3.63) is 64.7 Å². The summed E-state index contributed by atoms with van der Waals surface area (Å²) in [5, 5.41) is 11.7. The van der Waals surface area contributed by atoms with E-state index in [1.165, 1.54) is 11.8 Å². The Kier molecular flexibility index (Phi) is 7.24. The molecule has 0 saturated carbocycles. The van der Waals surface area contributed by atoms with Gasteiger partial charge < -0.3 is 10.1 Å². The summed E-state index contributed by atoms with van der Waals surface area (Å²) in [6.45, 7) is 4.05. The predicted octanol–water partition coefficient (Wildman–Crippen LogP) is 3.59. The van der Waals surface area contributed by atoms with Gasteiger partial charge in [0.1, 0.15) is 6.61 Å². The van der Waals surface area contributed by atoms with Crippen LogP contribution in [-0.2, 0) is 20.9 Å². The third-order valence-corrected chi connectivity index (χ3v) is 4.47. The zero-order valence-electron chi connectivity index (χ0n) is 14.7. The topological polar surface area (TPSA) is 79.2 Å². The number of ether oxygens (including phenoxy) is 1. The van der Waals surface area contributed by atoms with E-state index in [0.717, 1.165) is 22.4 Å². The molecule has 1 N–H and O–H groups in total. The summed E-state index contributed by atoms with van der Waals surface area (Å²) in [7, 11) is 0. The lowest BCUT2D eigenvalue weighted by Gasteiger charge is -2.09. The summed E-state index contributed by atoms with van der Waals surface area (Å²) in [5.74, 6) is -0.280. The highest BCUT2D eigenvalue weighted by molar-refractivity contribution is 8.00. The minimum Gasteiger partial charge on any atom is -0.460 e. The number of esters is 1. The van der Waals surface area contributed by atoms with Crippen LogP contribution in [-0.4, -0.2) is 23.4 Å². The van der Waals surface area contributed by atoms with Crippen molar-refractivity contribution in [2.75, 3.05) is 16.8 Å². The van der Waals surface area contributed by atoms with Crippen LogP contribution in [0, 0.1) is 25.2 Å². The van der Waals surface area contributed by atoms with Gasteiger partial charge in [0.25, 0.3) is 0 Å². The molecule has 0 aliphatic heterocycles. The first-order chi connectivity index (χ1) is 12.5. The highest BCUT2D eigenvalue weighted by Crippen LogP contribution is 2.16. The zero-order valence-corrected chi connectivity index (χ0v) is 15.6. The molecule has 0 atom stereocenters. The molecule has 2 aromatic carbocycles. The molecule has 2 aromatic rings. The Morgan fingerprint density at radius 3 is 2.69 bits per heavy atom. The van der Waals surface area contributed by atoms with Crippen LogP contribution in [0.1, 0.15) is 22.3 Å². The Hall–Kier alpha value is -2.78. The van der Waals surface area contributed by atoms with Gasteiger partial charge in [0.05, 0.1) is 23.1 Å². The molecule has 0 heterocycles. The molecule has 134 valence electrons. The van der Waals surface area contributed by atoms with Crippen LogP contribution >= 0.6 is 11.8 Å². The van der Waals surface area contributed by atoms with E-state index in [2.05, 4.69) is 5.32 Å². The molecular weight excluding hydrogens is 348 g/mol. The van der Waals surface area contributed by atoms with Crippen molar-refractivity contribution in [3.63, 3.8) is 0 Å². The number of aryl methyl sites for hydroxylation is 2. The van der Waals surface area contributed by atoms with E-state index in [0.29, 0.717) is 5.56 Å². The average molecular weight is 368 g/mol. The first kappa shape index (κ1) is 19.5. The molecule has 0 aromatic heterocycles. The number of anilines is 1. The maximum atomic E-state index is 12.0. The fourth-order valence-electron chi connectivity index (χ4n) is 2.30. The first-order valence-electron chi connectivity index (χ1n) is 8.07. The van der Waals surface area contributed by atoms with Gasteiger partial charge in [-0.15, -0.1) is 11.8 Å². The number of carbonyl (C=O) groups is 2. The Morgan fingerprint density at radius 1 is 1.15 bits per heavy atom. The van der Waals surface area contributed by atoms with Gasteiger partial charge in [0.2, 0.25) is 5.91 Å². The number of hydrogen-bond donors (Lipinski definition) is 1. The van der Waals surface area contributed by atoms with E-state index in [1.54, 1.807) is 24.3 Å². The van der Waals surface area contributed by atoms with Crippen LogP contribution in [0.4, 0.5) is 5.69 Å². The lowest BCUT2D eigenvalue weighted by molar-refractivity contribution is -0.141. The molecule has 1 amide bonds. The highest BCUT2D eigenvalue weighted by Gasteiger charge is 2.09. The van der Waals surface area contributed by atoms with Gasteiger partial charge in [-0.1, -0.05) is 29.8 Å². The van der Waals surface area contributed by atoms with E-state index in [9.17, 15) is 9.59 Å². The Morgan fingerprint density at radius 2 is 1.96 bits per heavy atom. The second-order valence-electron chi connectivity index (χ2n) is 5.83. The molecule has 0 bridgehead atoms. The van der Waals surface area contributed by atoms with Gasteiger partial charge >= 0.3 is 5.97 Å². The summed E-state index contributed by atoms with van der Waals surface area (Å²) in [4.78, 5) is 23.7. The van der Waals surface area contributed by atoms with Crippen LogP contribution in [0.5, 0.6) is 0 Å². The average Bonchev–Trinajstić information content (AvgIpc) is 2.62. The summed E-state index contributed by atoms with van der Waals surface area (Å²) >= 11 is 1.20. The van der Waals surface area contributed by atoms with Gasteiger partial charge in [-0.3, -0.25) is 9.59 Å². The number of hydrogen-bond acceptors (Lipinski definition) is 5. The van der Waals surface area contributed by atoms with E-state index >= 15 is 0 Å². The Labute approximate surface area is 157 Å². The normalized spacial score (nSPS) is 10.0. The van der Waals surface area contributed by atoms with Crippen LogP contribution in [0.25, 0.3) is 0 Å². The fourth-order valence-corrected chi connectivity index (χ4v) is 2.91. The van der Waals surface area contributed by atoms with Gasteiger partial charge in [0.15, 0.2) is 0 Å². The summed E-state index contributed by atoms with van der Waals surface area (Å²) in [6.07, 6.45) is 0. The highest BCUT2D eigenvalue weighted by atomic mass is 32.2. The van der Waals surface area contributed by atoms with E-state index < -0.39 is 5.97 Å². The molecule has 2 rings (SSSR count). The monoisotopic (exact) mass is 368 g/mol. The second kappa shape index (κ2) is 9.64. The Balaban J connectivity index is 1.70. The van der Waals surface area contributed by atoms with Gasteiger partial charge in [-0.05, 0) is 43.2 Å². The minimum absolute atomic E-state index is 0.0955. The third kappa shape index (κ3) is 6.26. The largest absolute Gasteiger partial charge is 0.460 e. The van der Waals surface area contributed by atoms with Crippen molar-refractivity contribution >= 4 is 29.3 Å². The molecule has 5 nitrogen and oxygen atoms in total. The van der Waals surface area contributed by atoms with Gasteiger partial charge in [-0.25, -0.2) is 0 Å². The van der Waals surface area contributed by atoms with E-state index in [4.69, 9.17) is 10.00 Å². The summed E-state index contributed by atoms with van der Waals surface area (Å²) in [6, 6.07) is 14.8. The molecule has 0 aliphatic rings. The number of nitrogens with zero attached hydrogens (tertiary/aromatic N) is 1. The van der Waals surface area contributed by atoms with Gasteiger partial charge in [0, 0.05) is 5.69 Å². The minimum atomic E-state index is -0.392. The van der Waals surface area contributed by atoms with E-state index in [-0.39, 0.29) is 24.0 Å². The third-order valence-electron chi connectivity index (χ3n) is 3.56. The molecular formula is C20H20N2O3S. The SMILES string of the molecule is Cc1ccc(NC(=O)CSCC(=O)OCc2cccc(C#N)c2)c(C)c1. The standard InChI is InChI=1S/C20H20N2O3S/c1-14-6-7-18(15(2)8-14)22-19(23)12-26-13-20(24)25-11-17-5-3-4-16(9-17)10-21/h3-9H,11-13H2,1-2H3,(H,22,23). The zero-order chi connectivity index (χ0) is 18.9. The maximum Gasteiger partial charge on any atom is 0.316 e. The lowest BCUT2D eigenvalue weighted by Crippen LogP contribution is -2.16. The van der Waals surface area contributed by atoms with Crippen LogP contribution < -0.4 is 5.32 Å². The number of amides is 1. The van der Waals surface area contributed by atoms with Gasteiger partial charge in [-0.2, -0.15) is 5.26 Å². The van der Waals surface area contributed by atoms with Crippen molar-refractivity contribution in [2.45, 2.75) is 20.5 Å².